The molecule has 10 aromatic carbocycles. The Labute approximate surface area is 353 Å². The van der Waals surface area contributed by atoms with Gasteiger partial charge < -0.3 is 13.9 Å². The summed E-state index contributed by atoms with van der Waals surface area (Å²) in [5, 5.41) is 7.10. The lowest BCUT2D eigenvalue weighted by molar-refractivity contribution is 0.669. The predicted octanol–water partition coefficient (Wildman–Crippen LogP) is 16.3. The minimum atomic E-state index is 0.893. The summed E-state index contributed by atoms with van der Waals surface area (Å²) in [5.41, 5.74) is 15.5. The third-order valence-electron chi connectivity index (χ3n) is 12.2. The predicted molar refractivity (Wildman–Crippen MR) is 257 cm³/mol. The van der Waals surface area contributed by atoms with Crippen LogP contribution in [0.5, 0.6) is 0 Å². The lowest BCUT2D eigenvalue weighted by Crippen LogP contribution is -2.12. The number of fused-ring (bicyclic) bond motifs is 7. The first kappa shape index (κ1) is 34.9. The first-order valence-corrected chi connectivity index (χ1v) is 20.8. The summed E-state index contributed by atoms with van der Waals surface area (Å²) < 4.78 is 8.71. The van der Waals surface area contributed by atoms with Crippen LogP contribution >= 0.6 is 0 Å². The van der Waals surface area contributed by atoms with E-state index in [-0.39, 0.29) is 0 Å². The number of rotatable bonds is 7. The second-order valence-corrected chi connectivity index (χ2v) is 15.6. The van der Waals surface area contributed by atoms with Gasteiger partial charge in [-0.25, -0.2) is 0 Å². The molecule has 0 spiro atoms. The Morgan fingerprint density at radius 3 is 1.79 bits per heavy atom. The molecule has 0 bridgehead atoms. The fourth-order valence-electron chi connectivity index (χ4n) is 9.48. The second kappa shape index (κ2) is 14.3. The van der Waals surface area contributed by atoms with E-state index in [1.807, 2.05) is 12.1 Å². The summed E-state index contributed by atoms with van der Waals surface area (Å²) in [6.07, 6.45) is 0. The lowest BCUT2D eigenvalue weighted by atomic mass is 9.90. The van der Waals surface area contributed by atoms with Crippen LogP contribution in [0.3, 0.4) is 0 Å². The topological polar surface area (TPSA) is 21.3 Å². The number of nitrogens with zero attached hydrogens (tertiary/aromatic N) is 2. The molecule has 0 N–H and O–H groups in total. The van der Waals surface area contributed by atoms with E-state index in [0.29, 0.717) is 0 Å². The van der Waals surface area contributed by atoms with Crippen LogP contribution < -0.4 is 4.90 Å². The molecule has 286 valence electrons. The monoisotopic (exact) mass is 778 g/mol. The van der Waals surface area contributed by atoms with Crippen molar-refractivity contribution in [3.8, 4) is 39.1 Å². The molecule has 0 aliphatic heterocycles. The molecule has 0 saturated carbocycles. The molecule has 0 aliphatic rings. The highest BCUT2D eigenvalue weighted by atomic mass is 16.3. The average Bonchev–Trinajstić information content (AvgIpc) is 3.88. The lowest BCUT2D eigenvalue weighted by Gasteiger charge is -2.29. The zero-order valence-electron chi connectivity index (χ0n) is 33.2. The van der Waals surface area contributed by atoms with Gasteiger partial charge in [-0.05, 0) is 105 Å². The first-order valence-electron chi connectivity index (χ1n) is 20.8. The SMILES string of the molecule is c1ccc(-c2cccc3cccc(-c4ccccc4N(c4ccc(-c5ccc6c(c5)oc5ccccc56)cc4)c4cccc5c4c4ccccc4n5-c4ccccc4)c23)cc1. The number of hydrogen-bond acceptors (Lipinski definition) is 2. The van der Waals surface area contributed by atoms with E-state index in [4.69, 9.17) is 4.42 Å². The summed E-state index contributed by atoms with van der Waals surface area (Å²) in [6, 6.07) is 83.0. The Kier molecular flexibility index (Phi) is 8.17. The van der Waals surface area contributed by atoms with Crippen LogP contribution in [-0.4, -0.2) is 4.57 Å². The number of para-hydroxylation sites is 4. The van der Waals surface area contributed by atoms with Crippen molar-refractivity contribution in [1.82, 2.24) is 4.57 Å². The number of anilines is 3. The van der Waals surface area contributed by atoms with Gasteiger partial charge in [0, 0.05) is 38.5 Å². The summed E-state index contributed by atoms with van der Waals surface area (Å²) >= 11 is 0. The fourth-order valence-corrected chi connectivity index (χ4v) is 9.48. The summed E-state index contributed by atoms with van der Waals surface area (Å²) in [5.74, 6) is 0. The third-order valence-corrected chi connectivity index (χ3v) is 12.2. The molecular weight excluding hydrogens is 741 g/mol. The van der Waals surface area contributed by atoms with Gasteiger partial charge in [0.1, 0.15) is 11.2 Å². The molecular formula is C58H38N2O. The molecule has 0 aliphatic carbocycles. The molecule has 3 heteroatoms. The fraction of sp³-hybridized carbons (Fsp3) is 0. The van der Waals surface area contributed by atoms with Crippen LogP contribution in [0.15, 0.2) is 235 Å². The van der Waals surface area contributed by atoms with Gasteiger partial charge in [0.05, 0.1) is 22.4 Å². The van der Waals surface area contributed by atoms with Crippen LogP contribution in [0.4, 0.5) is 17.1 Å². The van der Waals surface area contributed by atoms with Crippen molar-refractivity contribution in [2.75, 3.05) is 4.90 Å². The minimum absolute atomic E-state index is 0.893. The van der Waals surface area contributed by atoms with Gasteiger partial charge in [-0.3, -0.25) is 0 Å². The van der Waals surface area contributed by atoms with Crippen molar-refractivity contribution in [1.29, 1.82) is 0 Å². The summed E-state index contributed by atoms with van der Waals surface area (Å²) in [4.78, 5) is 2.47. The Hall–Kier alpha value is -8.14. The Morgan fingerprint density at radius 1 is 0.344 bits per heavy atom. The number of aromatic nitrogens is 1. The van der Waals surface area contributed by atoms with Gasteiger partial charge in [0.25, 0.3) is 0 Å². The Bertz CT molecular complexity index is 3580. The van der Waals surface area contributed by atoms with E-state index in [9.17, 15) is 0 Å². The molecule has 0 atom stereocenters. The Balaban J connectivity index is 1.10. The maximum atomic E-state index is 6.31. The molecule has 0 unspecified atom stereocenters. The number of hydrogen-bond donors (Lipinski definition) is 0. The van der Waals surface area contributed by atoms with E-state index in [1.54, 1.807) is 0 Å². The van der Waals surface area contributed by atoms with Crippen LogP contribution in [0.25, 0.3) is 93.6 Å². The van der Waals surface area contributed by atoms with Crippen LogP contribution in [0.2, 0.25) is 0 Å². The highest BCUT2D eigenvalue weighted by Crippen LogP contribution is 2.48. The van der Waals surface area contributed by atoms with E-state index in [0.717, 1.165) is 66.9 Å². The molecule has 2 aromatic heterocycles. The maximum Gasteiger partial charge on any atom is 0.136 e. The van der Waals surface area contributed by atoms with Gasteiger partial charge in [0.15, 0.2) is 0 Å². The average molecular weight is 779 g/mol. The normalized spacial score (nSPS) is 11.6. The van der Waals surface area contributed by atoms with Gasteiger partial charge in [-0.15, -0.1) is 0 Å². The highest BCUT2D eigenvalue weighted by Gasteiger charge is 2.24. The molecule has 12 aromatic rings. The van der Waals surface area contributed by atoms with E-state index >= 15 is 0 Å². The Morgan fingerprint density at radius 2 is 0.951 bits per heavy atom. The van der Waals surface area contributed by atoms with Gasteiger partial charge in [-0.1, -0.05) is 164 Å². The molecule has 61 heavy (non-hydrogen) atoms. The van der Waals surface area contributed by atoms with Crippen molar-refractivity contribution < 1.29 is 4.42 Å². The van der Waals surface area contributed by atoms with Gasteiger partial charge >= 0.3 is 0 Å². The molecule has 0 fully saturated rings. The van der Waals surface area contributed by atoms with Crippen molar-refractivity contribution in [3.05, 3.63) is 231 Å². The van der Waals surface area contributed by atoms with E-state index in [2.05, 4.69) is 228 Å². The van der Waals surface area contributed by atoms with E-state index < -0.39 is 0 Å². The highest BCUT2D eigenvalue weighted by molar-refractivity contribution is 6.17. The molecule has 3 nitrogen and oxygen atoms in total. The van der Waals surface area contributed by atoms with E-state index in [1.165, 1.54) is 43.8 Å². The molecule has 0 amide bonds. The van der Waals surface area contributed by atoms with Crippen LogP contribution in [0.1, 0.15) is 0 Å². The smallest absolute Gasteiger partial charge is 0.136 e. The van der Waals surface area contributed by atoms with Crippen LogP contribution in [-0.2, 0) is 0 Å². The largest absolute Gasteiger partial charge is 0.456 e. The molecule has 12 rings (SSSR count). The zero-order chi connectivity index (χ0) is 40.3. The first-order chi connectivity index (χ1) is 30.3. The molecule has 0 radical (unpaired) electrons. The standard InChI is InChI=1S/C58H38N2O/c1-3-16-40(17-4-1)45-25-13-18-41-19-14-26-49(57(41)45)46-22-7-10-27-51(46)60(44-35-32-39(33-36-44)42-34-37-48-47-23-9-12-31-55(47)61-56(48)38-42)54-30-15-29-53-58(54)50-24-8-11-28-52(50)59(53)43-20-5-2-6-21-43/h1-38H. The quantitative estimate of drug-likeness (QED) is 0.161. The van der Waals surface area contributed by atoms with Gasteiger partial charge in [0.2, 0.25) is 0 Å². The molecule has 2 heterocycles. The van der Waals surface area contributed by atoms with Gasteiger partial charge in [-0.2, -0.15) is 0 Å². The summed E-state index contributed by atoms with van der Waals surface area (Å²) in [6.45, 7) is 0. The third kappa shape index (κ3) is 5.74. The number of benzene rings is 10. The van der Waals surface area contributed by atoms with Crippen LogP contribution in [0, 0.1) is 0 Å². The maximum absolute atomic E-state index is 6.31. The van der Waals surface area contributed by atoms with Crippen molar-refractivity contribution in [2.45, 2.75) is 0 Å². The summed E-state index contributed by atoms with van der Waals surface area (Å²) in [7, 11) is 0. The number of furan rings is 1. The minimum Gasteiger partial charge on any atom is -0.456 e. The van der Waals surface area contributed by atoms with Crippen molar-refractivity contribution in [3.63, 3.8) is 0 Å². The zero-order valence-corrected chi connectivity index (χ0v) is 33.2. The van der Waals surface area contributed by atoms with Crippen molar-refractivity contribution in [2.24, 2.45) is 0 Å². The van der Waals surface area contributed by atoms with Crippen molar-refractivity contribution >= 4 is 71.6 Å². The molecule has 0 saturated heterocycles. The second-order valence-electron chi connectivity index (χ2n) is 15.6.